The maximum atomic E-state index is 13.0. The van der Waals surface area contributed by atoms with Gasteiger partial charge >= 0.3 is 6.03 Å². The van der Waals surface area contributed by atoms with E-state index in [0.717, 1.165) is 45.3 Å². The van der Waals surface area contributed by atoms with Gasteiger partial charge in [0, 0.05) is 37.8 Å². The highest BCUT2D eigenvalue weighted by Gasteiger charge is 2.23. The van der Waals surface area contributed by atoms with Crippen LogP contribution in [0.2, 0.25) is 0 Å². The molecule has 2 aromatic heterocycles. The second-order valence-corrected chi connectivity index (χ2v) is 8.76. The molecule has 0 radical (unpaired) electrons. The van der Waals surface area contributed by atoms with Crippen molar-refractivity contribution in [2.24, 2.45) is 0 Å². The monoisotopic (exact) mass is 414 g/mol. The number of amides is 2. The summed E-state index contributed by atoms with van der Waals surface area (Å²) < 4.78 is 7.84. The first kappa shape index (κ1) is 19.2. The number of anilines is 1. The Balaban J connectivity index is 1.50. The summed E-state index contributed by atoms with van der Waals surface area (Å²) in [5.41, 5.74) is 2.73. The van der Waals surface area contributed by atoms with Crippen LogP contribution in [0.15, 0.2) is 47.1 Å². The van der Waals surface area contributed by atoms with Gasteiger partial charge in [0.2, 0.25) is 0 Å². The smallest absolute Gasteiger partial charge is 0.322 e. The molecule has 1 aliphatic heterocycles. The first-order chi connectivity index (χ1) is 13.7. The van der Waals surface area contributed by atoms with Gasteiger partial charge in [-0.05, 0) is 48.9 Å². The molecule has 0 unspecified atom stereocenters. The van der Waals surface area contributed by atoms with Gasteiger partial charge in [-0.2, -0.15) is 0 Å². The molecule has 3 aromatic rings. The SMILES string of the molecule is CSc1nc2ccc(NC(=O)N(Cc3cccnc3)C[C@@H]3CCCO3)cc2s1. The molecule has 0 saturated carbocycles. The van der Waals surface area contributed by atoms with Crippen molar-refractivity contribution in [1.82, 2.24) is 14.9 Å². The van der Waals surface area contributed by atoms with Crippen LogP contribution in [0.4, 0.5) is 10.5 Å². The zero-order chi connectivity index (χ0) is 19.3. The number of aromatic nitrogens is 2. The number of carbonyl (C=O) groups excluding carboxylic acids is 1. The number of pyridine rings is 1. The van der Waals surface area contributed by atoms with Gasteiger partial charge in [-0.3, -0.25) is 4.98 Å². The van der Waals surface area contributed by atoms with Crippen molar-refractivity contribution < 1.29 is 9.53 Å². The number of urea groups is 1. The third-order valence-electron chi connectivity index (χ3n) is 4.63. The summed E-state index contributed by atoms with van der Waals surface area (Å²) in [6.07, 6.45) is 7.68. The zero-order valence-electron chi connectivity index (χ0n) is 15.6. The van der Waals surface area contributed by atoms with Crippen molar-refractivity contribution in [2.75, 3.05) is 24.7 Å². The molecule has 1 saturated heterocycles. The number of thioether (sulfide) groups is 1. The second-order valence-electron chi connectivity index (χ2n) is 6.67. The summed E-state index contributed by atoms with van der Waals surface area (Å²) in [7, 11) is 0. The number of hydrogen-bond acceptors (Lipinski definition) is 6. The second kappa shape index (κ2) is 8.89. The molecular weight excluding hydrogens is 392 g/mol. The molecule has 146 valence electrons. The summed E-state index contributed by atoms with van der Waals surface area (Å²) in [5, 5.41) is 3.04. The average Bonchev–Trinajstić information content (AvgIpc) is 3.37. The topological polar surface area (TPSA) is 67.4 Å². The van der Waals surface area contributed by atoms with Crippen molar-refractivity contribution in [3.05, 3.63) is 48.3 Å². The molecule has 1 aromatic carbocycles. The van der Waals surface area contributed by atoms with Crippen molar-refractivity contribution in [2.45, 2.75) is 29.8 Å². The minimum atomic E-state index is -0.131. The van der Waals surface area contributed by atoms with E-state index in [1.807, 2.05) is 36.6 Å². The number of nitrogens with zero attached hydrogens (tertiary/aromatic N) is 3. The van der Waals surface area contributed by atoms with Gasteiger partial charge in [0.05, 0.1) is 16.3 Å². The third-order valence-corrected chi connectivity index (χ3v) is 6.63. The first-order valence-corrected chi connectivity index (χ1v) is 11.3. The van der Waals surface area contributed by atoms with E-state index in [4.69, 9.17) is 4.74 Å². The molecule has 2 amide bonds. The molecule has 1 fully saturated rings. The van der Waals surface area contributed by atoms with E-state index in [-0.39, 0.29) is 12.1 Å². The van der Waals surface area contributed by atoms with E-state index in [0.29, 0.717) is 13.1 Å². The fraction of sp³-hybridized carbons (Fsp3) is 0.350. The highest BCUT2D eigenvalue weighted by molar-refractivity contribution is 8.00. The molecule has 3 heterocycles. The molecule has 28 heavy (non-hydrogen) atoms. The van der Waals surface area contributed by atoms with Crippen LogP contribution in [0.1, 0.15) is 18.4 Å². The highest BCUT2D eigenvalue weighted by atomic mass is 32.2. The maximum absolute atomic E-state index is 13.0. The summed E-state index contributed by atoms with van der Waals surface area (Å²) in [5.74, 6) is 0. The Morgan fingerprint density at radius 3 is 3.11 bits per heavy atom. The Bertz CT molecular complexity index is 942. The van der Waals surface area contributed by atoms with Crippen molar-refractivity contribution in [1.29, 1.82) is 0 Å². The van der Waals surface area contributed by atoms with Gasteiger partial charge in [-0.1, -0.05) is 17.8 Å². The van der Waals surface area contributed by atoms with Crippen LogP contribution in [-0.2, 0) is 11.3 Å². The molecule has 4 rings (SSSR count). The first-order valence-electron chi connectivity index (χ1n) is 9.22. The quantitative estimate of drug-likeness (QED) is 0.596. The fourth-order valence-corrected chi connectivity index (χ4v) is 4.77. The molecule has 1 atom stereocenters. The van der Waals surface area contributed by atoms with Gasteiger partial charge in [0.25, 0.3) is 0 Å². The minimum Gasteiger partial charge on any atom is -0.376 e. The number of ether oxygens (including phenoxy) is 1. The number of thiazole rings is 1. The van der Waals surface area contributed by atoms with Gasteiger partial charge in [0.15, 0.2) is 4.34 Å². The summed E-state index contributed by atoms with van der Waals surface area (Å²) in [6.45, 7) is 1.84. The number of rotatable bonds is 6. The Morgan fingerprint density at radius 1 is 1.43 bits per heavy atom. The van der Waals surface area contributed by atoms with E-state index >= 15 is 0 Å². The lowest BCUT2D eigenvalue weighted by molar-refractivity contribution is 0.0819. The van der Waals surface area contributed by atoms with Crippen molar-refractivity contribution in [3.8, 4) is 0 Å². The molecule has 0 aliphatic carbocycles. The zero-order valence-corrected chi connectivity index (χ0v) is 17.3. The Labute approximate surface area is 172 Å². The summed E-state index contributed by atoms with van der Waals surface area (Å²) in [4.78, 5) is 23.5. The number of benzene rings is 1. The largest absolute Gasteiger partial charge is 0.376 e. The number of carbonyl (C=O) groups is 1. The van der Waals surface area contributed by atoms with Gasteiger partial charge < -0.3 is 15.0 Å². The van der Waals surface area contributed by atoms with E-state index < -0.39 is 0 Å². The minimum absolute atomic E-state index is 0.0931. The number of nitrogens with one attached hydrogen (secondary N) is 1. The standard InChI is InChI=1S/C20H22N4O2S2/c1-27-20-23-17-7-6-15(10-18(17)28-20)22-19(25)24(13-16-5-3-9-26-16)12-14-4-2-8-21-11-14/h2,4,6-8,10-11,16H,3,5,9,12-13H2,1H3,(H,22,25)/t16-/m0/s1. The predicted molar refractivity (Wildman–Crippen MR) is 114 cm³/mol. The van der Waals surface area contributed by atoms with Crippen LogP contribution < -0.4 is 5.32 Å². The van der Waals surface area contributed by atoms with Gasteiger partial charge in [0.1, 0.15) is 0 Å². The number of hydrogen-bond donors (Lipinski definition) is 1. The normalized spacial score (nSPS) is 16.4. The third kappa shape index (κ3) is 4.63. The Kier molecular flexibility index (Phi) is 6.09. The molecule has 6 nitrogen and oxygen atoms in total. The summed E-state index contributed by atoms with van der Waals surface area (Å²) in [6, 6.07) is 9.58. The number of fused-ring (bicyclic) bond motifs is 1. The van der Waals surface area contributed by atoms with Crippen molar-refractivity contribution >= 4 is 45.0 Å². The van der Waals surface area contributed by atoms with E-state index in [1.54, 1.807) is 40.4 Å². The highest BCUT2D eigenvalue weighted by Crippen LogP contribution is 2.30. The lowest BCUT2D eigenvalue weighted by atomic mass is 10.2. The molecule has 0 spiro atoms. The molecule has 8 heteroatoms. The van der Waals surface area contributed by atoms with E-state index in [2.05, 4.69) is 15.3 Å². The van der Waals surface area contributed by atoms with Crippen molar-refractivity contribution in [3.63, 3.8) is 0 Å². The van der Waals surface area contributed by atoms with E-state index in [9.17, 15) is 4.79 Å². The van der Waals surface area contributed by atoms with Crippen LogP contribution in [0.25, 0.3) is 10.2 Å². The van der Waals surface area contributed by atoms with Crippen LogP contribution in [0, 0.1) is 0 Å². The van der Waals surface area contributed by atoms with Crippen LogP contribution in [0.5, 0.6) is 0 Å². The van der Waals surface area contributed by atoms with Crippen LogP contribution in [-0.4, -0.2) is 46.4 Å². The summed E-state index contributed by atoms with van der Waals surface area (Å²) >= 11 is 3.26. The van der Waals surface area contributed by atoms with E-state index in [1.165, 1.54) is 0 Å². The Morgan fingerprint density at radius 2 is 2.36 bits per heavy atom. The fourth-order valence-electron chi connectivity index (χ4n) is 3.24. The lowest BCUT2D eigenvalue weighted by Crippen LogP contribution is -2.39. The van der Waals surface area contributed by atoms with Crippen LogP contribution >= 0.6 is 23.1 Å². The van der Waals surface area contributed by atoms with Gasteiger partial charge in [-0.25, -0.2) is 9.78 Å². The molecule has 1 N–H and O–H groups in total. The average molecular weight is 415 g/mol. The Hall–Kier alpha value is -2.16. The predicted octanol–water partition coefficient (Wildman–Crippen LogP) is 4.63. The lowest BCUT2D eigenvalue weighted by Gasteiger charge is -2.25. The maximum Gasteiger partial charge on any atom is 0.322 e. The van der Waals surface area contributed by atoms with Crippen LogP contribution in [0.3, 0.4) is 0 Å². The van der Waals surface area contributed by atoms with Gasteiger partial charge in [-0.15, -0.1) is 11.3 Å². The molecular formula is C20H22N4O2S2. The molecule has 0 bridgehead atoms. The molecule has 1 aliphatic rings.